The molecule has 2 atom stereocenters. The van der Waals surface area contributed by atoms with E-state index in [-0.39, 0.29) is 30.3 Å². The minimum absolute atomic E-state index is 0. The zero-order chi connectivity index (χ0) is 17.8. The van der Waals surface area contributed by atoms with Gasteiger partial charge >= 0.3 is 0 Å². The molecule has 1 aliphatic carbocycles. The molecule has 0 bridgehead atoms. The number of halogens is 1. The maximum absolute atomic E-state index is 12.6. The van der Waals surface area contributed by atoms with Gasteiger partial charge in [0.2, 0.25) is 5.91 Å². The van der Waals surface area contributed by atoms with E-state index in [9.17, 15) is 9.59 Å². The van der Waals surface area contributed by atoms with E-state index in [0.29, 0.717) is 49.8 Å². The molecule has 1 heterocycles. The largest absolute Gasteiger partial charge is 0.497 e. The van der Waals surface area contributed by atoms with Gasteiger partial charge in [-0.15, -0.1) is 12.4 Å². The number of nitrogens with zero attached hydrogens (tertiary/aromatic N) is 2. The SMILES string of the molecule is COc1cccc(C(=O)N2CCN(C(=O)C[C@@H]3CCC[C@H]3N)CC2)c1.Cl. The lowest BCUT2D eigenvalue weighted by Gasteiger charge is -2.35. The molecule has 0 spiro atoms. The molecule has 0 unspecified atom stereocenters. The Bertz CT molecular complexity index is 632. The summed E-state index contributed by atoms with van der Waals surface area (Å²) in [5.41, 5.74) is 6.69. The van der Waals surface area contributed by atoms with E-state index in [1.54, 1.807) is 24.1 Å². The van der Waals surface area contributed by atoms with Gasteiger partial charge in [0.1, 0.15) is 5.75 Å². The predicted octanol–water partition coefficient (Wildman–Crippen LogP) is 1.92. The minimum Gasteiger partial charge on any atom is -0.497 e. The third-order valence-electron chi connectivity index (χ3n) is 5.39. The van der Waals surface area contributed by atoms with E-state index in [1.807, 2.05) is 17.0 Å². The number of nitrogens with two attached hydrogens (primary N) is 1. The van der Waals surface area contributed by atoms with E-state index in [1.165, 1.54) is 0 Å². The number of benzene rings is 1. The number of hydrogen-bond donors (Lipinski definition) is 1. The number of piperazine rings is 1. The molecule has 26 heavy (non-hydrogen) atoms. The van der Waals surface area contributed by atoms with Gasteiger partial charge in [-0.3, -0.25) is 9.59 Å². The van der Waals surface area contributed by atoms with Crippen molar-refractivity contribution in [2.75, 3.05) is 33.3 Å². The van der Waals surface area contributed by atoms with Crippen LogP contribution in [0.4, 0.5) is 0 Å². The second-order valence-corrected chi connectivity index (χ2v) is 6.96. The average Bonchev–Trinajstić information content (AvgIpc) is 3.06. The maximum Gasteiger partial charge on any atom is 0.254 e. The summed E-state index contributed by atoms with van der Waals surface area (Å²) in [4.78, 5) is 28.8. The molecule has 1 aliphatic heterocycles. The lowest BCUT2D eigenvalue weighted by Crippen LogP contribution is -2.51. The molecule has 2 amide bonds. The van der Waals surface area contributed by atoms with Gasteiger partial charge in [-0.05, 0) is 37.0 Å². The molecule has 7 heteroatoms. The van der Waals surface area contributed by atoms with Gasteiger partial charge in [0, 0.05) is 44.2 Å². The first-order valence-corrected chi connectivity index (χ1v) is 9.05. The number of carbonyl (C=O) groups excluding carboxylic acids is 2. The fourth-order valence-electron chi connectivity index (χ4n) is 3.77. The number of ether oxygens (including phenoxy) is 1. The summed E-state index contributed by atoms with van der Waals surface area (Å²) in [6.45, 7) is 2.32. The van der Waals surface area contributed by atoms with Gasteiger partial charge in [-0.1, -0.05) is 12.5 Å². The Morgan fingerprint density at radius 3 is 2.46 bits per heavy atom. The van der Waals surface area contributed by atoms with Crippen molar-refractivity contribution in [2.45, 2.75) is 31.7 Å². The second-order valence-electron chi connectivity index (χ2n) is 6.96. The summed E-state index contributed by atoms with van der Waals surface area (Å²) in [6.07, 6.45) is 3.76. The van der Waals surface area contributed by atoms with Crippen LogP contribution in [0, 0.1) is 5.92 Å². The number of hydrogen-bond acceptors (Lipinski definition) is 4. The van der Waals surface area contributed by atoms with Gasteiger partial charge < -0.3 is 20.3 Å². The molecule has 1 aromatic carbocycles. The second kappa shape index (κ2) is 9.24. The highest BCUT2D eigenvalue weighted by molar-refractivity contribution is 5.94. The topological polar surface area (TPSA) is 75.9 Å². The Kier molecular flexibility index (Phi) is 7.29. The molecule has 0 aromatic heterocycles. The van der Waals surface area contributed by atoms with Crippen molar-refractivity contribution in [3.8, 4) is 5.75 Å². The predicted molar refractivity (Wildman–Crippen MR) is 103 cm³/mol. The van der Waals surface area contributed by atoms with Crippen LogP contribution in [0.2, 0.25) is 0 Å². The highest BCUT2D eigenvalue weighted by atomic mass is 35.5. The summed E-state index contributed by atoms with van der Waals surface area (Å²) in [5, 5.41) is 0. The number of methoxy groups -OCH3 is 1. The number of carbonyl (C=O) groups is 2. The third-order valence-corrected chi connectivity index (χ3v) is 5.39. The molecule has 3 rings (SSSR count). The molecule has 1 aromatic rings. The first-order chi connectivity index (χ1) is 12.1. The van der Waals surface area contributed by atoms with E-state index < -0.39 is 0 Å². The molecular formula is C19H28ClN3O3. The van der Waals surface area contributed by atoms with E-state index in [0.717, 1.165) is 19.3 Å². The van der Waals surface area contributed by atoms with Crippen LogP contribution in [0.15, 0.2) is 24.3 Å². The van der Waals surface area contributed by atoms with E-state index in [2.05, 4.69) is 0 Å². The van der Waals surface area contributed by atoms with Crippen molar-refractivity contribution in [1.82, 2.24) is 9.80 Å². The zero-order valence-electron chi connectivity index (χ0n) is 15.2. The van der Waals surface area contributed by atoms with Crippen molar-refractivity contribution in [2.24, 2.45) is 11.7 Å². The molecule has 2 aliphatic rings. The highest BCUT2D eigenvalue weighted by Gasteiger charge is 2.30. The Labute approximate surface area is 161 Å². The summed E-state index contributed by atoms with van der Waals surface area (Å²) in [5.74, 6) is 1.16. The molecule has 1 saturated heterocycles. The van der Waals surface area contributed by atoms with Gasteiger partial charge in [0.15, 0.2) is 0 Å². The maximum atomic E-state index is 12.6. The first kappa shape index (κ1) is 20.5. The van der Waals surface area contributed by atoms with Crippen LogP contribution in [-0.2, 0) is 4.79 Å². The number of amides is 2. The first-order valence-electron chi connectivity index (χ1n) is 9.05. The van der Waals surface area contributed by atoms with Crippen LogP contribution in [-0.4, -0.2) is 60.9 Å². The normalized spacial score (nSPS) is 22.7. The standard InChI is InChI=1S/C19H27N3O3.ClH/c1-25-16-6-2-5-15(12-16)19(24)22-10-8-21(9-11-22)18(23)13-14-4-3-7-17(14)20;/h2,5-6,12,14,17H,3-4,7-11,13,20H2,1H3;1H/t14-,17+;/m0./s1. The molecular weight excluding hydrogens is 354 g/mol. The molecule has 2 N–H and O–H groups in total. The van der Waals surface area contributed by atoms with Gasteiger partial charge in [-0.2, -0.15) is 0 Å². The van der Waals surface area contributed by atoms with E-state index >= 15 is 0 Å². The van der Waals surface area contributed by atoms with Crippen molar-refractivity contribution < 1.29 is 14.3 Å². The lowest BCUT2D eigenvalue weighted by molar-refractivity contribution is -0.133. The van der Waals surface area contributed by atoms with Crippen LogP contribution in [0.3, 0.4) is 0 Å². The summed E-state index contributed by atoms with van der Waals surface area (Å²) >= 11 is 0. The monoisotopic (exact) mass is 381 g/mol. The summed E-state index contributed by atoms with van der Waals surface area (Å²) in [7, 11) is 1.59. The minimum atomic E-state index is -0.0104. The average molecular weight is 382 g/mol. The molecule has 144 valence electrons. The smallest absolute Gasteiger partial charge is 0.254 e. The summed E-state index contributed by atoms with van der Waals surface area (Å²) < 4.78 is 5.18. The molecule has 0 radical (unpaired) electrons. The van der Waals surface area contributed by atoms with Crippen molar-refractivity contribution in [3.05, 3.63) is 29.8 Å². The van der Waals surface area contributed by atoms with Gasteiger partial charge in [0.25, 0.3) is 5.91 Å². The Morgan fingerprint density at radius 1 is 1.15 bits per heavy atom. The molecule has 1 saturated carbocycles. The zero-order valence-corrected chi connectivity index (χ0v) is 16.0. The fraction of sp³-hybridized carbons (Fsp3) is 0.579. The van der Waals surface area contributed by atoms with Gasteiger partial charge in [-0.25, -0.2) is 0 Å². The van der Waals surface area contributed by atoms with Crippen LogP contribution < -0.4 is 10.5 Å². The Morgan fingerprint density at radius 2 is 1.85 bits per heavy atom. The number of rotatable bonds is 4. The Hall–Kier alpha value is -1.79. The summed E-state index contributed by atoms with van der Waals surface area (Å²) in [6, 6.07) is 7.35. The van der Waals surface area contributed by atoms with Crippen LogP contribution in [0.1, 0.15) is 36.0 Å². The highest BCUT2D eigenvalue weighted by Crippen LogP contribution is 2.27. The van der Waals surface area contributed by atoms with Crippen molar-refractivity contribution in [1.29, 1.82) is 0 Å². The lowest BCUT2D eigenvalue weighted by atomic mass is 9.99. The fourth-order valence-corrected chi connectivity index (χ4v) is 3.77. The van der Waals surface area contributed by atoms with Crippen LogP contribution >= 0.6 is 12.4 Å². The van der Waals surface area contributed by atoms with Crippen molar-refractivity contribution in [3.63, 3.8) is 0 Å². The quantitative estimate of drug-likeness (QED) is 0.864. The van der Waals surface area contributed by atoms with E-state index in [4.69, 9.17) is 10.5 Å². The molecule has 2 fully saturated rings. The van der Waals surface area contributed by atoms with Crippen LogP contribution in [0.25, 0.3) is 0 Å². The van der Waals surface area contributed by atoms with Crippen molar-refractivity contribution >= 4 is 24.2 Å². The molecule has 6 nitrogen and oxygen atoms in total. The van der Waals surface area contributed by atoms with Gasteiger partial charge in [0.05, 0.1) is 7.11 Å². The Balaban J connectivity index is 0.00000243. The third kappa shape index (κ3) is 4.68. The van der Waals surface area contributed by atoms with Crippen LogP contribution in [0.5, 0.6) is 5.75 Å².